The molecule has 2 rings (SSSR count). The summed E-state index contributed by atoms with van der Waals surface area (Å²) >= 11 is 0. The van der Waals surface area contributed by atoms with Crippen molar-refractivity contribution in [3.05, 3.63) is 60.1 Å². The van der Waals surface area contributed by atoms with Crippen LogP contribution >= 0.6 is 0 Å². The van der Waals surface area contributed by atoms with E-state index in [0.29, 0.717) is 0 Å². The van der Waals surface area contributed by atoms with Crippen LogP contribution in [0.1, 0.15) is 36.8 Å². The van der Waals surface area contributed by atoms with Gasteiger partial charge in [-0.2, -0.15) is 0 Å². The van der Waals surface area contributed by atoms with Crippen molar-refractivity contribution in [1.82, 2.24) is 5.32 Å². The molecule has 2 atom stereocenters. The summed E-state index contributed by atoms with van der Waals surface area (Å²) in [5.74, 6) is 0.909. The van der Waals surface area contributed by atoms with E-state index in [1.165, 1.54) is 0 Å². The van der Waals surface area contributed by atoms with E-state index in [1.54, 1.807) is 6.26 Å². The molecule has 0 bridgehead atoms. The maximum Gasteiger partial charge on any atom is 0.120 e. The average Bonchev–Trinajstić information content (AvgIpc) is 2.95. The van der Waals surface area contributed by atoms with Crippen molar-refractivity contribution in [2.75, 3.05) is 6.61 Å². The van der Waals surface area contributed by atoms with Crippen LogP contribution in [0.15, 0.2) is 53.1 Å². The molecule has 2 unspecified atom stereocenters. The van der Waals surface area contributed by atoms with Crippen LogP contribution < -0.4 is 5.32 Å². The van der Waals surface area contributed by atoms with Gasteiger partial charge < -0.3 is 9.52 Å². The summed E-state index contributed by atoms with van der Waals surface area (Å²) in [5, 5.41) is 13.0. The normalized spacial score (nSPS) is 14.3. The standard InChI is InChI=1S/C15H19NO2/c1-2-13(15-9-6-10-18-15)16-14(11-17)12-7-4-3-5-8-12/h3-10,13-14,16-17H,2,11H2,1H3. The molecule has 18 heavy (non-hydrogen) atoms. The third-order valence-corrected chi connectivity index (χ3v) is 3.08. The molecule has 0 aliphatic rings. The van der Waals surface area contributed by atoms with Crippen LogP contribution in [-0.4, -0.2) is 11.7 Å². The Morgan fingerprint density at radius 2 is 1.89 bits per heavy atom. The van der Waals surface area contributed by atoms with E-state index in [0.717, 1.165) is 17.7 Å². The lowest BCUT2D eigenvalue weighted by Crippen LogP contribution is -2.28. The predicted octanol–water partition coefficient (Wildman–Crippen LogP) is 3.05. The quantitative estimate of drug-likeness (QED) is 0.822. The molecule has 3 heteroatoms. The van der Waals surface area contributed by atoms with Crippen LogP contribution in [0.5, 0.6) is 0 Å². The Morgan fingerprint density at radius 1 is 1.11 bits per heavy atom. The SMILES string of the molecule is CCC(NC(CO)c1ccccc1)c1ccco1. The lowest BCUT2D eigenvalue weighted by Gasteiger charge is -2.22. The largest absolute Gasteiger partial charge is 0.468 e. The summed E-state index contributed by atoms with van der Waals surface area (Å²) in [7, 11) is 0. The van der Waals surface area contributed by atoms with Gasteiger partial charge in [0.25, 0.3) is 0 Å². The number of aliphatic hydroxyl groups excluding tert-OH is 1. The van der Waals surface area contributed by atoms with Crippen molar-refractivity contribution in [3.63, 3.8) is 0 Å². The van der Waals surface area contributed by atoms with Crippen molar-refractivity contribution in [3.8, 4) is 0 Å². The van der Waals surface area contributed by atoms with Crippen molar-refractivity contribution >= 4 is 0 Å². The first-order chi connectivity index (χ1) is 8.85. The van der Waals surface area contributed by atoms with E-state index in [9.17, 15) is 5.11 Å². The van der Waals surface area contributed by atoms with Crippen molar-refractivity contribution in [2.45, 2.75) is 25.4 Å². The monoisotopic (exact) mass is 245 g/mol. The van der Waals surface area contributed by atoms with E-state index < -0.39 is 0 Å². The highest BCUT2D eigenvalue weighted by molar-refractivity contribution is 5.19. The van der Waals surface area contributed by atoms with E-state index in [-0.39, 0.29) is 18.7 Å². The summed E-state index contributed by atoms with van der Waals surface area (Å²) in [5.41, 5.74) is 1.09. The Balaban J connectivity index is 2.10. The predicted molar refractivity (Wildman–Crippen MR) is 71.1 cm³/mol. The van der Waals surface area contributed by atoms with Gasteiger partial charge >= 0.3 is 0 Å². The van der Waals surface area contributed by atoms with Gasteiger partial charge in [0, 0.05) is 0 Å². The lowest BCUT2D eigenvalue weighted by molar-refractivity contribution is 0.225. The molecule has 2 N–H and O–H groups in total. The van der Waals surface area contributed by atoms with Gasteiger partial charge in [-0.3, -0.25) is 5.32 Å². The van der Waals surface area contributed by atoms with Gasteiger partial charge in [-0.05, 0) is 24.1 Å². The summed E-state index contributed by atoms with van der Waals surface area (Å²) < 4.78 is 5.42. The van der Waals surface area contributed by atoms with Crippen LogP contribution in [0.4, 0.5) is 0 Å². The molecular weight excluding hydrogens is 226 g/mol. The minimum absolute atomic E-state index is 0.0683. The zero-order chi connectivity index (χ0) is 12.8. The molecular formula is C15H19NO2. The molecule has 2 aromatic rings. The number of nitrogens with one attached hydrogen (secondary N) is 1. The third kappa shape index (κ3) is 3.00. The topological polar surface area (TPSA) is 45.4 Å². The van der Waals surface area contributed by atoms with Gasteiger partial charge in [0.15, 0.2) is 0 Å². The summed E-state index contributed by atoms with van der Waals surface area (Å²) in [6.07, 6.45) is 2.59. The van der Waals surface area contributed by atoms with E-state index >= 15 is 0 Å². The zero-order valence-electron chi connectivity index (χ0n) is 10.5. The smallest absolute Gasteiger partial charge is 0.120 e. The van der Waals surface area contributed by atoms with Gasteiger partial charge in [-0.25, -0.2) is 0 Å². The molecule has 0 amide bonds. The average molecular weight is 245 g/mol. The van der Waals surface area contributed by atoms with E-state index in [4.69, 9.17) is 4.42 Å². The summed E-state index contributed by atoms with van der Waals surface area (Å²) in [6, 6.07) is 13.9. The van der Waals surface area contributed by atoms with Crippen LogP contribution in [0.2, 0.25) is 0 Å². The first-order valence-corrected chi connectivity index (χ1v) is 6.30. The van der Waals surface area contributed by atoms with Gasteiger partial charge in [0.1, 0.15) is 5.76 Å². The molecule has 0 aliphatic heterocycles. The molecule has 0 spiro atoms. The molecule has 1 aromatic heterocycles. The number of rotatable bonds is 6. The first-order valence-electron chi connectivity index (χ1n) is 6.30. The summed E-state index contributed by atoms with van der Waals surface area (Å²) in [6.45, 7) is 2.17. The van der Waals surface area contributed by atoms with Crippen molar-refractivity contribution in [2.24, 2.45) is 0 Å². The number of hydrogen-bond acceptors (Lipinski definition) is 3. The maximum atomic E-state index is 9.53. The Bertz CT molecular complexity index is 439. The Hall–Kier alpha value is -1.58. The minimum Gasteiger partial charge on any atom is -0.468 e. The zero-order valence-corrected chi connectivity index (χ0v) is 10.5. The Morgan fingerprint density at radius 3 is 2.44 bits per heavy atom. The van der Waals surface area contributed by atoms with Crippen LogP contribution in [0.3, 0.4) is 0 Å². The highest BCUT2D eigenvalue weighted by Gasteiger charge is 2.18. The van der Waals surface area contributed by atoms with Gasteiger partial charge in [-0.1, -0.05) is 37.3 Å². The van der Waals surface area contributed by atoms with Gasteiger partial charge in [0.2, 0.25) is 0 Å². The molecule has 3 nitrogen and oxygen atoms in total. The number of aliphatic hydroxyl groups is 1. The molecule has 0 radical (unpaired) electrons. The second-order valence-electron chi connectivity index (χ2n) is 4.29. The minimum atomic E-state index is -0.0683. The third-order valence-electron chi connectivity index (χ3n) is 3.08. The molecule has 1 heterocycles. The van der Waals surface area contributed by atoms with Crippen molar-refractivity contribution < 1.29 is 9.52 Å². The Kier molecular flexibility index (Phi) is 4.56. The van der Waals surface area contributed by atoms with Crippen LogP contribution in [0, 0.1) is 0 Å². The number of hydrogen-bond donors (Lipinski definition) is 2. The first kappa shape index (κ1) is 12.9. The number of furan rings is 1. The number of benzene rings is 1. The lowest BCUT2D eigenvalue weighted by atomic mass is 10.0. The van der Waals surface area contributed by atoms with E-state index in [1.807, 2.05) is 42.5 Å². The highest BCUT2D eigenvalue weighted by atomic mass is 16.3. The van der Waals surface area contributed by atoms with Crippen LogP contribution in [-0.2, 0) is 0 Å². The second-order valence-corrected chi connectivity index (χ2v) is 4.29. The van der Waals surface area contributed by atoms with Crippen LogP contribution in [0.25, 0.3) is 0 Å². The fraction of sp³-hybridized carbons (Fsp3) is 0.333. The van der Waals surface area contributed by atoms with Crippen molar-refractivity contribution in [1.29, 1.82) is 0 Å². The van der Waals surface area contributed by atoms with E-state index in [2.05, 4.69) is 12.2 Å². The molecule has 0 aliphatic carbocycles. The fourth-order valence-electron chi connectivity index (χ4n) is 2.07. The van der Waals surface area contributed by atoms with Gasteiger partial charge in [-0.15, -0.1) is 0 Å². The molecule has 0 fully saturated rings. The maximum absolute atomic E-state index is 9.53. The fourth-order valence-corrected chi connectivity index (χ4v) is 2.07. The Labute approximate surface area is 107 Å². The van der Waals surface area contributed by atoms with Gasteiger partial charge in [0.05, 0.1) is 25.0 Å². The molecule has 0 saturated heterocycles. The highest BCUT2D eigenvalue weighted by Crippen LogP contribution is 2.22. The molecule has 0 saturated carbocycles. The second kappa shape index (κ2) is 6.38. The molecule has 1 aromatic carbocycles. The molecule has 96 valence electrons. The summed E-state index contributed by atoms with van der Waals surface area (Å²) in [4.78, 5) is 0.